The predicted molar refractivity (Wildman–Crippen MR) is 113 cm³/mol. The van der Waals surface area contributed by atoms with Crippen LogP contribution in [-0.4, -0.2) is 47.3 Å². The van der Waals surface area contributed by atoms with Gasteiger partial charge >= 0.3 is 6.09 Å². The van der Waals surface area contributed by atoms with E-state index < -0.39 is 18.0 Å². The van der Waals surface area contributed by atoms with E-state index in [4.69, 9.17) is 9.84 Å². The van der Waals surface area contributed by atoms with Crippen LogP contribution in [0.25, 0.3) is 10.9 Å². The van der Waals surface area contributed by atoms with E-state index in [0.29, 0.717) is 11.6 Å². The highest BCUT2D eigenvalue weighted by Gasteiger charge is 2.17. The van der Waals surface area contributed by atoms with E-state index in [2.05, 4.69) is 20.6 Å². The van der Waals surface area contributed by atoms with Crippen LogP contribution in [0, 0.1) is 0 Å². The molecule has 9 heteroatoms. The van der Waals surface area contributed by atoms with Crippen LogP contribution in [0.5, 0.6) is 5.75 Å². The molecule has 0 spiro atoms. The number of fused-ring (bicyclic) bond motifs is 1. The Morgan fingerprint density at radius 1 is 1.13 bits per heavy atom. The molecule has 3 N–H and O–H groups in total. The van der Waals surface area contributed by atoms with Crippen LogP contribution in [0.1, 0.15) is 12.7 Å². The van der Waals surface area contributed by atoms with Crippen molar-refractivity contribution in [2.75, 3.05) is 19.1 Å². The fourth-order valence-electron chi connectivity index (χ4n) is 2.94. The fourth-order valence-corrected chi connectivity index (χ4v) is 2.94. The number of hydrogen-bond acceptors (Lipinski definition) is 6. The number of anilines is 2. The summed E-state index contributed by atoms with van der Waals surface area (Å²) in [6.07, 6.45) is -1.26. The molecule has 30 heavy (non-hydrogen) atoms. The number of methoxy groups -OCH3 is 1. The van der Waals surface area contributed by atoms with E-state index in [0.717, 1.165) is 22.3 Å². The maximum Gasteiger partial charge on any atom is 0.405 e. The minimum atomic E-state index is -1.26. The SMILES string of the molecule is COc1ccc(N(C)c2nc(CNC(=O)C(C)NC(=O)O)nc3ccccc23)cc1. The molecule has 9 nitrogen and oxygen atoms in total. The van der Waals surface area contributed by atoms with Crippen molar-refractivity contribution in [2.45, 2.75) is 19.5 Å². The number of carbonyl (C=O) groups is 2. The Bertz CT molecular complexity index is 1050. The van der Waals surface area contributed by atoms with Crippen LogP contribution in [0.4, 0.5) is 16.3 Å². The molecule has 0 bridgehead atoms. The van der Waals surface area contributed by atoms with Gasteiger partial charge < -0.3 is 25.4 Å². The Kier molecular flexibility index (Phi) is 6.31. The molecule has 2 amide bonds. The molecule has 0 aliphatic heterocycles. The highest BCUT2D eigenvalue weighted by molar-refractivity contribution is 5.91. The zero-order valence-corrected chi connectivity index (χ0v) is 16.9. The summed E-state index contributed by atoms with van der Waals surface area (Å²) >= 11 is 0. The van der Waals surface area contributed by atoms with E-state index >= 15 is 0 Å². The normalized spacial score (nSPS) is 11.6. The molecule has 1 heterocycles. The van der Waals surface area contributed by atoms with Crippen LogP contribution in [0.2, 0.25) is 0 Å². The monoisotopic (exact) mass is 409 g/mol. The number of carboxylic acid groups (broad SMARTS) is 1. The third-order valence-corrected chi connectivity index (χ3v) is 4.56. The first-order chi connectivity index (χ1) is 14.4. The summed E-state index contributed by atoms with van der Waals surface area (Å²) in [5.74, 6) is 1.40. The Morgan fingerprint density at radius 2 is 1.83 bits per heavy atom. The highest BCUT2D eigenvalue weighted by atomic mass is 16.5. The lowest BCUT2D eigenvalue weighted by molar-refractivity contribution is -0.122. The second kappa shape index (κ2) is 9.08. The minimum Gasteiger partial charge on any atom is -0.497 e. The van der Waals surface area contributed by atoms with Crippen LogP contribution in [-0.2, 0) is 11.3 Å². The van der Waals surface area contributed by atoms with E-state index in [1.165, 1.54) is 6.92 Å². The molecule has 0 saturated heterocycles. The Morgan fingerprint density at radius 3 is 2.50 bits per heavy atom. The molecule has 2 aromatic carbocycles. The average molecular weight is 409 g/mol. The molecule has 1 aromatic heterocycles. The first-order valence-electron chi connectivity index (χ1n) is 9.29. The van der Waals surface area contributed by atoms with Crippen LogP contribution in [0.15, 0.2) is 48.5 Å². The van der Waals surface area contributed by atoms with Crippen LogP contribution >= 0.6 is 0 Å². The predicted octanol–water partition coefficient (Wildman–Crippen LogP) is 2.68. The van der Waals surface area contributed by atoms with E-state index in [1.807, 2.05) is 60.5 Å². The van der Waals surface area contributed by atoms with Crippen LogP contribution < -0.4 is 20.3 Å². The van der Waals surface area contributed by atoms with Gasteiger partial charge in [0.1, 0.15) is 17.6 Å². The van der Waals surface area contributed by atoms with Crippen molar-refractivity contribution >= 4 is 34.4 Å². The number of aromatic nitrogens is 2. The number of ether oxygens (including phenoxy) is 1. The number of benzene rings is 2. The Hall–Kier alpha value is -3.88. The van der Waals surface area contributed by atoms with Gasteiger partial charge in [-0.3, -0.25) is 4.79 Å². The number of para-hydroxylation sites is 1. The standard InChI is InChI=1S/C21H23N5O4/c1-13(23-21(28)29)20(27)22-12-18-24-17-7-5-4-6-16(17)19(25-18)26(2)14-8-10-15(30-3)11-9-14/h4-11,13,23H,12H2,1-3H3,(H,22,27)(H,28,29). The molecule has 0 fully saturated rings. The van der Waals surface area contributed by atoms with Gasteiger partial charge in [-0.1, -0.05) is 12.1 Å². The summed E-state index contributed by atoms with van der Waals surface area (Å²) in [5, 5.41) is 14.4. The number of hydrogen-bond donors (Lipinski definition) is 3. The molecule has 1 unspecified atom stereocenters. The van der Waals surface area contributed by atoms with Gasteiger partial charge in [-0.15, -0.1) is 0 Å². The number of nitrogens with one attached hydrogen (secondary N) is 2. The van der Waals surface area contributed by atoms with Gasteiger partial charge in [-0.2, -0.15) is 0 Å². The van der Waals surface area contributed by atoms with Crippen molar-refractivity contribution in [3.05, 3.63) is 54.4 Å². The van der Waals surface area contributed by atoms with Crippen LogP contribution in [0.3, 0.4) is 0 Å². The zero-order valence-electron chi connectivity index (χ0n) is 16.9. The van der Waals surface area contributed by atoms with Crippen molar-refractivity contribution in [3.8, 4) is 5.75 Å². The zero-order chi connectivity index (χ0) is 21.7. The number of amides is 2. The maximum atomic E-state index is 12.1. The molecular weight excluding hydrogens is 386 g/mol. The average Bonchev–Trinajstić information content (AvgIpc) is 2.76. The van der Waals surface area contributed by atoms with Gasteiger partial charge in [-0.25, -0.2) is 14.8 Å². The number of rotatable bonds is 7. The molecule has 0 radical (unpaired) electrons. The first-order valence-corrected chi connectivity index (χ1v) is 9.29. The van der Waals surface area contributed by atoms with Gasteiger partial charge in [0.25, 0.3) is 0 Å². The molecule has 3 aromatic rings. The first kappa shape index (κ1) is 20.8. The lowest BCUT2D eigenvalue weighted by atomic mass is 10.2. The van der Waals surface area contributed by atoms with Crippen molar-refractivity contribution in [3.63, 3.8) is 0 Å². The summed E-state index contributed by atoms with van der Waals surface area (Å²) in [6.45, 7) is 1.53. The van der Waals surface area contributed by atoms with E-state index in [1.54, 1.807) is 7.11 Å². The van der Waals surface area contributed by atoms with E-state index in [9.17, 15) is 9.59 Å². The molecule has 0 aliphatic carbocycles. The quantitative estimate of drug-likeness (QED) is 0.549. The van der Waals surface area contributed by atoms with Gasteiger partial charge in [0, 0.05) is 18.1 Å². The summed E-state index contributed by atoms with van der Waals surface area (Å²) in [6, 6.07) is 14.3. The topological polar surface area (TPSA) is 117 Å². The molecule has 0 saturated carbocycles. The van der Waals surface area contributed by atoms with Crippen molar-refractivity contribution in [2.24, 2.45) is 0 Å². The highest BCUT2D eigenvalue weighted by Crippen LogP contribution is 2.29. The Labute approximate surface area is 173 Å². The van der Waals surface area contributed by atoms with Crippen molar-refractivity contribution < 1.29 is 19.4 Å². The fraction of sp³-hybridized carbons (Fsp3) is 0.238. The summed E-state index contributed by atoms with van der Waals surface area (Å²) < 4.78 is 5.22. The number of nitrogens with zero attached hydrogens (tertiary/aromatic N) is 3. The second-order valence-corrected chi connectivity index (χ2v) is 6.63. The second-order valence-electron chi connectivity index (χ2n) is 6.63. The third kappa shape index (κ3) is 4.75. The molecular formula is C21H23N5O4. The summed E-state index contributed by atoms with van der Waals surface area (Å²) in [7, 11) is 3.52. The maximum absolute atomic E-state index is 12.1. The van der Waals surface area contributed by atoms with Gasteiger partial charge in [-0.05, 0) is 43.3 Å². The van der Waals surface area contributed by atoms with Gasteiger partial charge in [0.2, 0.25) is 5.91 Å². The molecule has 3 rings (SSSR count). The smallest absolute Gasteiger partial charge is 0.405 e. The lowest BCUT2D eigenvalue weighted by Gasteiger charge is -2.21. The van der Waals surface area contributed by atoms with Crippen molar-refractivity contribution in [1.82, 2.24) is 20.6 Å². The molecule has 156 valence electrons. The van der Waals surface area contributed by atoms with Crippen molar-refractivity contribution in [1.29, 1.82) is 0 Å². The lowest BCUT2D eigenvalue weighted by Crippen LogP contribution is -2.44. The minimum absolute atomic E-state index is 0.0682. The van der Waals surface area contributed by atoms with Gasteiger partial charge in [0.15, 0.2) is 5.82 Å². The summed E-state index contributed by atoms with van der Waals surface area (Å²) in [5.41, 5.74) is 1.65. The molecule has 1 atom stereocenters. The van der Waals surface area contributed by atoms with Gasteiger partial charge in [0.05, 0.1) is 19.2 Å². The number of carbonyl (C=O) groups excluding carboxylic acids is 1. The van der Waals surface area contributed by atoms with E-state index in [-0.39, 0.29) is 6.54 Å². The molecule has 0 aliphatic rings. The Balaban J connectivity index is 1.88. The largest absolute Gasteiger partial charge is 0.497 e. The summed E-state index contributed by atoms with van der Waals surface area (Å²) in [4.78, 5) is 33.9. The third-order valence-electron chi connectivity index (χ3n) is 4.56.